The second-order valence-electron chi connectivity index (χ2n) is 6.48. The molecule has 0 aromatic heterocycles. The third-order valence-electron chi connectivity index (χ3n) is 4.62. The van der Waals surface area contributed by atoms with Crippen LogP contribution in [0.3, 0.4) is 0 Å². The van der Waals surface area contributed by atoms with Crippen molar-refractivity contribution in [2.75, 3.05) is 6.54 Å². The minimum Gasteiger partial charge on any atom is -0.387 e. The Morgan fingerprint density at radius 3 is 2.38 bits per heavy atom. The predicted molar refractivity (Wildman–Crippen MR) is 85.2 cm³/mol. The van der Waals surface area contributed by atoms with Crippen LogP contribution in [-0.2, 0) is 11.0 Å². The lowest BCUT2D eigenvalue weighted by Gasteiger charge is -2.21. The zero-order chi connectivity index (χ0) is 17.6. The van der Waals surface area contributed by atoms with Crippen LogP contribution in [0, 0.1) is 5.92 Å². The van der Waals surface area contributed by atoms with Crippen LogP contribution in [0.4, 0.5) is 13.2 Å². The van der Waals surface area contributed by atoms with Crippen LogP contribution in [0.1, 0.15) is 62.2 Å². The molecule has 1 atom stereocenters. The predicted octanol–water partition coefficient (Wildman–Crippen LogP) is 4.22. The van der Waals surface area contributed by atoms with Crippen molar-refractivity contribution in [1.29, 1.82) is 0 Å². The smallest absolute Gasteiger partial charge is 0.387 e. The maximum Gasteiger partial charge on any atom is 0.416 e. The summed E-state index contributed by atoms with van der Waals surface area (Å²) in [6.07, 6.45) is 2.01. The molecule has 2 rings (SSSR count). The van der Waals surface area contributed by atoms with Gasteiger partial charge >= 0.3 is 6.18 Å². The Hall–Kier alpha value is -1.56. The highest BCUT2D eigenvalue weighted by Crippen LogP contribution is 2.30. The topological polar surface area (TPSA) is 49.3 Å². The summed E-state index contributed by atoms with van der Waals surface area (Å²) in [5, 5.41) is 12.6. The number of alkyl halides is 3. The molecule has 3 nitrogen and oxygen atoms in total. The van der Waals surface area contributed by atoms with Gasteiger partial charge < -0.3 is 10.4 Å². The van der Waals surface area contributed by atoms with Crippen molar-refractivity contribution >= 4 is 5.91 Å². The molecule has 1 amide bonds. The fraction of sp³-hybridized carbons (Fsp3) is 0.611. The number of carbonyl (C=O) groups is 1. The van der Waals surface area contributed by atoms with Crippen molar-refractivity contribution in [3.8, 4) is 0 Å². The number of aliphatic hydroxyl groups excluding tert-OH is 1. The molecule has 134 valence electrons. The van der Waals surface area contributed by atoms with Gasteiger partial charge in [-0.25, -0.2) is 0 Å². The van der Waals surface area contributed by atoms with E-state index in [-0.39, 0.29) is 12.5 Å². The van der Waals surface area contributed by atoms with Crippen LogP contribution in [0.2, 0.25) is 0 Å². The van der Waals surface area contributed by atoms with Crippen LogP contribution in [0.15, 0.2) is 24.3 Å². The molecule has 1 aromatic rings. The van der Waals surface area contributed by atoms with Crippen molar-refractivity contribution in [1.82, 2.24) is 5.32 Å². The van der Waals surface area contributed by atoms with Crippen molar-refractivity contribution in [2.24, 2.45) is 5.92 Å². The second kappa shape index (κ2) is 8.51. The summed E-state index contributed by atoms with van der Waals surface area (Å²) < 4.78 is 37.5. The summed E-state index contributed by atoms with van der Waals surface area (Å²) in [7, 11) is 0. The Morgan fingerprint density at radius 1 is 1.17 bits per heavy atom. The first kappa shape index (κ1) is 18.8. The van der Waals surface area contributed by atoms with Gasteiger partial charge in [-0.15, -0.1) is 0 Å². The van der Waals surface area contributed by atoms with Gasteiger partial charge in [0.1, 0.15) is 0 Å². The van der Waals surface area contributed by atoms with E-state index in [1.165, 1.54) is 44.2 Å². The molecule has 0 heterocycles. The van der Waals surface area contributed by atoms with Crippen LogP contribution < -0.4 is 5.32 Å². The van der Waals surface area contributed by atoms with Crippen molar-refractivity contribution in [3.05, 3.63) is 35.4 Å². The van der Waals surface area contributed by atoms with E-state index in [0.717, 1.165) is 18.6 Å². The monoisotopic (exact) mass is 343 g/mol. The molecular weight excluding hydrogens is 319 g/mol. The Morgan fingerprint density at radius 2 is 1.79 bits per heavy atom. The van der Waals surface area contributed by atoms with Gasteiger partial charge in [-0.05, 0) is 30.0 Å². The van der Waals surface area contributed by atoms with E-state index >= 15 is 0 Å². The Bertz CT molecular complexity index is 522. The molecule has 0 saturated heterocycles. The average Bonchev–Trinajstić information content (AvgIpc) is 2.58. The van der Waals surface area contributed by atoms with Crippen molar-refractivity contribution < 1.29 is 23.1 Å². The average molecular weight is 343 g/mol. The number of hydrogen-bond acceptors (Lipinski definition) is 2. The lowest BCUT2D eigenvalue weighted by molar-refractivity contribution is -0.137. The molecule has 1 aliphatic carbocycles. The maximum atomic E-state index is 12.5. The third kappa shape index (κ3) is 5.82. The summed E-state index contributed by atoms with van der Waals surface area (Å²) in [6, 6.07) is 4.34. The first-order valence-electron chi connectivity index (χ1n) is 8.48. The van der Waals surface area contributed by atoms with Crippen LogP contribution in [0.5, 0.6) is 0 Å². The van der Waals surface area contributed by atoms with Crippen molar-refractivity contribution in [2.45, 2.75) is 57.2 Å². The second-order valence-corrected chi connectivity index (χ2v) is 6.48. The molecule has 1 unspecified atom stereocenters. The number of carbonyl (C=O) groups excluding carboxylic acids is 1. The van der Waals surface area contributed by atoms with Crippen LogP contribution in [-0.4, -0.2) is 17.6 Å². The minimum absolute atomic E-state index is 0.00879. The quantitative estimate of drug-likeness (QED) is 0.813. The summed E-state index contributed by atoms with van der Waals surface area (Å²) in [6.45, 7) is 0.00879. The molecule has 0 radical (unpaired) electrons. The van der Waals surface area contributed by atoms with Gasteiger partial charge in [0.25, 0.3) is 0 Å². The molecule has 6 heteroatoms. The molecule has 2 N–H and O–H groups in total. The zero-order valence-corrected chi connectivity index (χ0v) is 13.6. The minimum atomic E-state index is -4.39. The number of halogens is 3. The van der Waals surface area contributed by atoms with E-state index in [2.05, 4.69) is 5.32 Å². The first-order chi connectivity index (χ1) is 11.4. The third-order valence-corrected chi connectivity index (χ3v) is 4.62. The molecule has 0 aliphatic heterocycles. The normalized spacial score (nSPS) is 17.5. The maximum absolute atomic E-state index is 12.5. The first-order valence-corrected chi connectivity index (χ1v) is 8.48. The number of nitrogens with one attached hydrogen (secondary N) is 1. The summed E-state index contributed by atoms with van der Waals surface area (Å²) in [5.41, 5.74) is -0.398. The zero-order valence-electron chi connectivity index (χ0n) is 13.6. The highest BCUT2D eigenvalue weighted by Gasteiger charge is 2.30. The van der Waals surface area contributed by atoms with E-state index in [1.54, 1.807) is 0 Å². The number of aliphatic hydroxyl groups is 1. The van der Waals surface area contributed by atoms with E-state index in [4.69, 9.17) is 0 Å². The van der Waals surface area contributed by atoms with Gasteiger partial charge in [0, 0.05) is 13.0 Å². The Balaban J connectivity index is 1.73. The van der Waals surface area contributed by atoms with Crippen molar-refractivity contribution in [3.63, 3.8) is 0 Å². The molecule has 24 heavy (non-hydrogen) atoms. The molecule has 1 aromatic carbocycles. The van der Waals surface area contributed by atoms with E-state index in [0.29, 0.717) is 17.9 Å². The van der Waals surface area contributed by atoms with Crippen LogP contribution in [0.25, 0.3) is 0 Å². The van der Waals surface area contributed by atoms with E-state index in [9.17, 15) is 23.1 Å². The fourth-order valence-electron chi connectivity index (χ4n) is 3.12. The van der Waals surface area contributed by atoms with E-state index in [1.807, 2.05) is 0 Å². The van der Waals surface area contributed by atoms with Crippen LogP contribution >= 0.6 is 0 Å². The number of amides is 1. The highest BCUT2D eigenvalue weighted by molar-refractivity contribution is 5.75. The molecular formula is C18H24F3NO2. The standard InChI is InChI=1S/C18H24F3NO2/c19-18(20,21)15-9-7-14(8-10-15)16(23)12-22-17(24)11-6-13-4-2-1-3-5-13/h7-10,13,16,23H,1-6,11-12H2,(H,22,24). The lowest BCUT2D eigenvalue weighted by Crippen LogP contribution is -2.28. The number of benzene rings is 1. The number of hydrogen-bond donors (Lipinski definition) is 2. The lowest BCUT2D eigenvalue weighted by atomic mass is 9.86. The van der Waals surface area contributed by atoms with Gasteiger partial charge in [0.05, 0.1) is 11.7 Å². The molecule has 0 spiro atoms. The largest absolute Gasteiger partial charge is 0.416 e. The SMILES string of the molecule is O=C(CCC1CCCCC1)NCC(O)c1ccc(C(F)(F)F)cc1. The molecule has 1 aliphatic rings. The van der Waals surface area contributed by atoms with Gasteiger partial charge in [0.2, 0.25) is 5.91 Å². The molecule has 0 bridgehead atoms. The fourth-order valence-corrected chi connectivity index (χ4v) is 3.12. The Kier molecular flexibility index (Phi) is 6.66. The van der Waals surface area contributed by atoms with Gasteiger partial charge in [-0.3, -0.25) is 4.79 Å². The van der Waals surface area contributed by atoms with Gasteiger partial charge in [0.15, 0.2) is 0 Å². The molecule has 1 fully saturated rings. The summed E-state index contributed by atoms with van der Waals surface area (Å²) in [5.74, 6) is 0.496. The summed E-state index contributed by atoms with van der Waals surface area (Å²) >= 11 is 0. The van der Waals surface area contributed by atoms with E-state index < -0.39 is 17.8 Å². The summed E-state index contributed by atoms with van der Waals surface area (Å²) in [4.78, 5) is 11.8. The molecule has 1 saturated carbocycles. The highest BCUT2D eigenvalue weighted by atomic mass is 19.4. The van der Waals surface area contributed by atoms with Gasteiger partial charge in [-0.2, -0.15) is 13.2 Å². The Labute approximate surface area is 140 Å². The van der Waals surface area contributed by atoms with Gasteiger partial charge in [-0.1, -0.05) is 44.2 Å². The number of rotatable bonds is 6.